The number of nitrogens with two attached hydrogens (primary N) is 1. The molecule has 3 saturated heterocycles. The minimum Gasteiger partial charge on any atom is -0.434 e. The molecular weight excluding hydrogens is 536 g/mol. The van der Waals surface area contributed by atoms with Gasteiger partial charge in [0.1, 0.15) is 23.5 Å². The van der Waals surface area contributed by atoms with Crippen LogP contribution >= 0.6 is 0 Å². The summed E-state index contributed by atoms with van der Waals surface area (Å²) in [6, 6.07) is 0.0918. The Kier molecular flexibility index (Phi) is 7.42. The van der Waals surface area contributed by atoms with Gasteiger partial charge in [0.2, 0.25) is 0 Å². The van der Waals surface area contributed by atoms with E-state index in [4.69, 9.17) is 15.2 Å². The van der Waals surface area contributed by atoms with Crippen LogP contribution in [-0.4, -0.2) is 115 Å². The number of aryl methyl sites for hydroxylation is 1. The molecule has 5 heterocycles. The van der Waals surface area contributed by atoms with Gasteiger partial charge in [-0.25, -0.2) is 19.7 Å². The smallest absolute Gasteiger partial charge is 0.410 e. The number of nitrogens with one attached hydrogen (secondary N) is 1. The number of carbonyl (C=O) groups is 3. The van der Waals surface area contributed by atoms with Crippen molar-refractivity contribution in [3.05, 3.63) is 12.2 Å². The number of nitrogen functional groups attached to an aromatic ring is 1. The Balaban J connectivity index is 1.03. The first-order valence-corrected chi connectivity index (χ1v) is 14.2. The quantitative estimate of drug-likeness (QED) is 0.292. The lowest BCUT2D eigenvalue weighted by molar-refractivity contribution is -0.154. The van der Waals surface area contributed by atoms with E-state index in [0.29, 0.717) is 49.0 Å². The standard InChI is InChI=1S/C26H36N8O7/c1-32-11-15(24(32)38)40-26(39)33-9-7-13(8-10-33)3-2-4-16-30-21(27)17-22(31-16)34(12-28-17)25-19(36)18(35)20(41-25)23(37)29-14-5-6-14/h12-15,18-20,25,35-36H,2-11H2,1H3,(H,29,37)(H2,27,30,31)/t15?,18-,19?,20+,25-/m1/s1. The maximum atomic E-state index is 12.5. The number of β-lactam (4-membered cyclic amide) rings is 1. The third-order valence-corrected chi connectivity index (χ3v) is 8.41. The van der Waals surface area contributed by atoms with E-state index in [0.717, 1.165) is 38.5 Å². The summed E-state index contributed by atoms with van der Waals surface area (Å²) in [7, 11) is 1.68. The summed E-state index contributed by atoms with van der Waals surface area (Å²) in [4.78, 5) is 53.1. The molecule has 222 valence electrons. The predicted octanol–water partition coefficient (Wildman–Crippen LogP) is -0.682. The first-order chi connectivity index (χ1) is 19.7. The Morgan fingerprint density at radius 2 is 1.93 bits per heavy atom. The van der Waals surface area contributed by atoms with Gasteiger partial charge < -0.3 is 40.5 Å². The van der Waals surface area contributed by atoms with Gasteiger partial charge in [0.05, 0.1) is 12.9 Å². The molecule has 41 heavy (non-hydrogen) atoms. The Bertz CT molecular complexity index is 1320. The van der Waals surface area contributed by atoms with Crippen LogP contribution in [0.4, 0.5) is 10.6 Å². The molecule has 5 N–H and O–H groups in total. The molecule has 1 saturated carbocycles. The summed E-state index contributed by atoms with van der Waals surface area (Å²) in [6.07, 6.45) is 1.06. The maximum absolute atomic E-state index is 12.5. The molecule has 5 atom stereocenters. The molecule has 4 aliphatic rings. The van der Waals surface area contributed by atoms with Crippen molar-refractivity contribution in [2.24, 2.45) is 5.92 Å². The molecule has 2 aromatic rings. The summed E-state index contributed by atoms with van der Waals surface area (Å²) < 4.78 is 12.6. The second-order valence-electron chi connectivity index (χ2n) is 11.5. The third kappa shape index (κ3) is 5.53. The fourth-order valence-corrected chi connectivity index (χ4v) is 5.69. The van der Waals surface area contributed by atoms with Crippen LogP contribution in [0.2, 0.25) is 0 Å². The van der Waals surface area contributed by atoms with Gasteiger partial charge in [0, 0.05) is 32.6 Å². The van der Waals surface area contributed by atoms with Crippen molar-refractivity contribution in [1.29, 1.82) is 0 Å². The number of likely N-dealkylation sites (N-methyl/N-ethyl adjacent to an activating group) is 1. The van der Waals surface area contributed by atoms with Crippen LogP contribution in [0.1, 0.15) is 50.6 Å². The van der Waals surface area contributed by atoms with E-state index >= 15 is 0 Å². The number of hydrogen-bond donors (Lipinski definition) is 4. The first kappa shape index (κ1) is 27.6. The number of fused-ring (bicyclic) bond motifs is 1. The Morgan fingerprint density at radius 3 is 2.61 bits per heavy atom. The highest BCUT2D eigenvalue weighted by molar-refractivity contribution is 5.88. The molecule has 0 spiro atoms. The number of carbonyl (C=O) groups excluding carboxylic acids is 3. The molecule has 3 amide bonds. The average molecular weight is 573 g/mol. The first-order valence-electron chi connectivity index (χ1n) is 14.2. The van der Waals surface area contributed by atoms with E-state index in [1.807, 2.05) is 0 Å². The van der Waals surface area contributed by atoms with Crippen LogP contribution in [0.3, 0.4) is 0 Å². The van der Waals surface area contributed by atoms with Gasteiger partial charge in [-0.05, 0) is 44.4 Å². The highest BCUT2D eigenvalue weighted by atomic mass is 16.6. The van der Waals surface area contributed by atoms with Gasteiger partial charge in [0.25, 0.3) is 11.8 Å². The predicted molar refractivity (Wildman–Crippen MR) is 142 cm³/mol. The monoisotopic (exact) mass is 572 g/mol. The van der Waals surface area contributed by atoms with E-state index in [2.05, 4.69) is 20.3 Å². The van der Waals surface area contributed by atoms with Crippen LogP contribution in [0.15, 0.2) is 6.33 Å². The van der Waals surface area contributed by atoms with Crippen molar-refractivity contribution in [2.75, 3.05) is 32.4 Å². The summed E-state index contributed by atoms with van der Waals surface area (Å²) in [5.41, 5.74) is 6.88. The van der Waals surface area contributed by atoms with E-state index in [9.17, 15) is 24.6 Å². The van der Waals surface area contributed by atoms with E-state index in [1.165, 1.54) is 15.8 Å². The lowest BCUT2D eigenvalue weighted by Gasteiger charge is -2.37. The van der Waals surface area contributed by atoms with Crippen molar-refractivity contribution in [3.63, 3.8) is 0 Å². The lowest BCUT2D eigenvalue weighted by atomic mass is 9.91. The van der Waals surface area contributed by atoms with Crippen LogP contribution in [-0.2, 0) is 25.5 Å². The van der Waals surface area contributed by atoms with Gasteiger partial charge in [-0.15, -0.1) is 0 Å². The van der Waals surface area contributed by atoms with Crippen LogP contribution < -0.4 is 11.1 Å². The van der Waals surface area contributed by atoms with Gasteiger partial charge in [-0.1, -0.05) is 0 Å². The van der Waals surface area contributed by atoms with Crippen LogP contribution in [0, 0.1) is 5.92 Å². The Hall–Kier alpha value is -3.56. The normalized spacial score (nSPS) is 28.7. The van der Waals surface area contributed by atoms with Gasteiger partial charge >= 0.3 is 6.09 Å². The minimum atomic E-state index is -1.40. The fourth-order valence-electron chi connectivity index (χ4n) is 5.69. The summed E-state index contributed by atoms with van der Waals surface area (Å²) in [6.45, 7) is 1.61. The number of hydrogen-bond acceptors (Lipinski definition) is 11. The molecule has 0 bridgehead atoms. The molecule has 15 nitrogen and oxygen atoms in total. The SMILES string of the molecule is CN1CC(OC(=O)N2CCC(CCCc3nc(N)c4ncn([C@@H]5O[C@H](C(=O)NC6CC6)[C@H](O)C5O)c4n3)CC2)C1=O. The topological polar surface area (TPSA) is 198 Å². The maximum Gasteiger partial charge on any atom is 0.410 e. The second-order valence-corrected chi connectivity index (χ2v) is 11.5. The number of amides is 3. The van der Waals surface area contributed by atoms with E-state index < -0.39 is 42.6 Å². The molecule has 15 heteroatoms. The molecule has 4 fully saturated rings. The van der Waals surface area contributed by atoms with E-state index in [1.54, 1.807) is 11.9 Å². The van der Waals surface area contributed by atoms with E-state index in [-0.39, 0.29) is 17.8 Å². The number of ether oxygens (including phenoxy) is 2. The number of aliphatic hydroxyl groups excluding tert-OH is 2. The van der Waals surface area contributed by atoms with Gasteiger partial charge in [0.15, 0.2) is 29.9 Å². The van der Waals surface area contributed by atoms with Crippen molar-refractivity contribution in [2.45, 2.75) is 81.6 Å². The summed E-state index contributed by atoms with van der Waals surface area (Å²) in [5, 5.41) is 24.0. The zero-order chi connectivity index (χ0) is 28.8. The summed E-state index contributed by atoms with van der Waals surface area (Å²) in [5.74, 6) is 0.531. The Morgan fingerprint density at radius 1 is 1.17 bits per heavy atom. The number of aromatic nitrogens is 4. The number of nitrogens with zero attached hydrogens (tertiary/aromatic N) is 6. The zero-order valence-electron chi connectivity index (χ0n) is 22.9. The van der Waals surface area contributed by atoms with Gasteiger partial charge in [-0.2, -0.15) is 0 Å². The van der Waals surface area contributed by atoms with Crippen LogP contribution in [0.5, 0.6) is 0 Å². The molecule has 0 radical (unpaired) electrons. The number of anilines is 1. The molecule has 2 unspecified atom stereocenters. The molecule has 0 aromatic carbocycles. The average Bonchev–Trinajstić information content (AvgIpc) is 3.60. The lowest BCUT2D eigenvalue weighted by Crippen LogP contribution is -2.57. The number of piperidine rings is 1. The highest BCUT2D eigenvalue weighted by Crippen LogP contribution is 2.33. The number of imidazole rings is 1. The molecule has 2 aromatic heterocycles. The van der Waals surface area contributed by atoms with Crippen LogP contribution in [0.25, 0.3) is 11.2 Å². The number of aliphatic hydroxyl groups is 2. The third-order valence-electron chi connectivity index (χ3n) is 8.41. The minimum absolute atomic E-state index is 0.0918. The molecule has 6 rings (SSSR count). The molecule has 1 aliphatic carbocycles. The molecular formula is C26H36N8O7. The van der Waals surface area contributed by atoms with Crippen molar-refractivity contribution in [1.82, 2.24) is 34.6 Å². The summed E-state index contributed by atoms with van der Waals surface area (Å²) >= 11 is 0. The highest BCUT2D eigenvalue weighted by Gasteiger charge is 2.48. The van der Waals surface area contributed by atoms with Crippen molar-refractivity contribution in [3.8, 4) is 0 Å². The largest absolute Gasteiger partial charge is 0.434 e. The Labute approximate surface area is 236 Å². The number of rotatable bonds is 8. The second kappa shape index (κ2) is 11.0. The number of likely N-dealkylation sites (tertiary alicyclic amines) is 2. The van der Waals surface area contributed by atoms with Gasteiger partial charge in [-0.3, -0.25) is 14.2 Å². The van der Waals surface area contributed by atoms with Crippen molar-refractivity contribution < 1.29 is 34.1 Å². The zero-order valence-corrected chi connectivity index (χ0v) is 22.9. The van der Waals surface area contributed by atoms with Crippen molar-refractivity contribution >= 4 is 34.9 Å². The molecule has 3 aliphatic heterocycles. The fraction of sp³-hybridized carbons (Fsp3) is 0.692.